The molecule has 4 aromatic rings. The Morgan fingerprint density at radius 1 is 1.12 bits per heavy atom. The van der Waals surface area contributed by atoms with Crippen LogP contribution in [0.2, 0.25) is 5.02 Å². The molecule has 9 heteroatoms. The third kappa shape index (κ3) is 5.19. The van der Waals surface area contributed by atoms with Gasteiger partial charge in [-0.3, -0.25) is 0 Å². The monoisotopic (exact) mass is 561 g/mol. The van der Waals surface area contributed by atoms with E-state index in [1.165, 1.54) is 0 Å². The van der Waals surface area contributed by atoms with Gasteiger partial charge in [0.1, 0.15) is 0 Å². The molecule has 0 saturated heterocycles. The van der Waals surface area contributed by atoms with Crippen molar-refractivity contribution in [1.82, 2.24) is 19.4 Å². The lowest BCUT2D eigenvalue weighted by atomic mass is 9.87. The summed E-state index contributed by atoms with van der Waals surface area (Å²) in [5, 5.41) is 12.1. The number of carboxylic acids is 1. The van der Waals surface area contributed by atoms with Crippen LogP contribution in [-0.4, -0.2) is 56.8 Å². The van der Waals surface area contributed by atoms with Crippen molar-refractivity contribution in [2.75, 3.05) is 25.5 Å². The number of benzene rings is 2. The molecule has 1 N–H and O–H groups in total. The molecular weight excluding hydrogens is 526 g/mol. The van der Waals surface area contributed by atoms with E-state index in [0.29, 0.717) is 23.1 Å². The van der Waals surface area contributed by atoms with Crippen molar-refractivity contribution in [3.05, 3.63) is 70.1 Å². The molecular formula is C31H36ClN5O3. The van der Waals surface area contributed by atoms with Gasteiger partial charge >= 0.3 is 5.97 Å². The molecule has 0 radical (unpaired) electrons. The number of anilines is 2. The molecule has 0 fully saturated rings. The number of aryl methyl sites for hydroxylation is 1. The van der Waals surface area contributed by atoms with Crippen LogP contribution in [0, 0.1) is 13.8 Å². The van der Waals surface area contributed by atoms with Gasteiger partial charge < -0.3 is 24.2 Å². The van der Waals surface area contributed by atoms with E-state index in [2.05, 4.69) is 27.4 Å². The number of nitrogens with zero attached hydrogens (tertiary/aromatic N) is 5. The Balaban J connectivity index is 1.82. The van der Waals surface area contributed by atoms with E-state index >= 15 is 0 Å². The number of halogens is 1. The lowest BCUT2D eigenvalue weighted by Crippen LogP contribution is -2.32. The molecule has 0 amide bonds. The van der Waals surface area contributed by atoms with Crippen molar-refractivity contribution in [1.29, 1.82) is 0 Å². The van der Waals surface area contributed by atoms with E-state index in [9.17, 15) is 9.90 Å². The topological polar surface area (TPSA) is 83.7 Å². The van der Waals surface area contributed by atoms with Crippen molar-refractivity contribution in [3.63, 3.8) is 0 Å². The SMILES string of the molecule is Cc1c([C@H](OC(C)(C)C)C(=O)O)c(-c2ccc(Cl)cc2)c2cc(C)n3c2c1N(c1ncc(CN(C)C)cn1)CC3. The smallest absolute Gasteiger partial charge is 0.337 e. The summed E-state index contributed by atoms with van der Waals surface area (Å²) in [5.41, 5.74) is 6.57. The fraction of sp³-hybridized carbons (Fsp3) is 0.387. The second-order valence-electron chi connectivity index (χ2n) is 11.7. The highest BCUT2D eigenvalue weighted by molar-refractivity contribution is 6.30. The molecule has 40 heavy (non-hydrogen) atoms. The van der Waals surface area contributed by atoms with Gasteiger partial charge in [-0.2, -0.15) is 0 Å². The van der Waals surface area contributed by atoms with E-state index in [1.54, 1.807) is 0 Å². The Hall–Kier alpha value is -3.46. The highest BCUT2D eigenvalue weighted by Crippen LogP contribution is 2.49. The van der Waals surface area contributed by atoms with Gasteiger partial charge in [-0.15, -0.1) is 0 Å². The summed E-state index contributed by atoms with van der Waals surface area (Å²) in [6.07, 6.45) is 2.53. The van der Waals surface area contributed by atoms with Crippen LogP contribution in [0.15, 0.2) is 42.7 Å². The number of aliphatic carboxylic acids is 1. The summed E-state index contributed by atoms with van der Waals surface area (Å²) in [4.78, 5) is 26.5. The lowest BCUT2D eigenvalue weighted by molar-refractivity contribution is -0.160. The zero-order valence-corrected chi connectivity index (χ0v) is 24.9. The third-order valence-corrected chi connectivity index (χ3v) is 7.42. The Kier molecular flexibility index (Phi) is 7.37. The van der Waals surface area contributed by atoms with Gasteiger partial charge in [0.05, 0.1) is 16.8 Å². The molecule has 8 nitrogen and oxygen atoms in total. The standard InChI is InChI=1S/C31H36ClN5O3/c1-18-14-23-25(21-8-10-22(32)11-9-21)24(28(29(38)39)40-31(3,4)5)19(2)26-27(23)36(18)12-13-37(26)30-33-15-20(16-34-30)17-35(6)7/h8-11,14-16,28H,12-13,17H2,1-7H3,(H,38,39)/t28-/m0/s1. The second kappa shape index (κ2) is 10.5. The van der Waals surface area contributed by atoms with Gasteiger partial charge in [-0.05, 0) is 83.6 Å². The molecule has 2 aromatic heterocycles. The summed E-state index contributed by atoms with van der Waals surface area (Å²) >= 11 is 6.25. The number of ether oxygens (including phenoxy) is 1. The lowest BCUT2D eigenvalue weighted by Gasteiger charge is -2.35. The maximum atomic E-state index is 12.9. The molecule has 1 atom stereocenters. The van der Waals surface area contributed by atoms with Crippen molar-refractivity contribution < 1.29 is 14.6 Å². The average molecular weight is 562 g/mol. The molecule has 1 aliphatic heterocycles. The Bertz CT molecular complexity index is 1570. The summed E-state index contributed by atoms with van der Waals surface area (Å²) in [6, 6.07) is 9.70. The minimum Gasteiger partial charge on any atom is -0.479 e. The Morgan fingerprint density at radius 2 is 1.77 bits per heavy atom. The van der Waals surface area contributed by atoms with Crippen LogP contribution < -0.4 is 4.90 Å². The van der Waals surface area contributed by atoms with Gasteiger partial charge in [0.2, 0.25) is 5.95 Å². The highest BCUT2D eigenvalue weighted by Gasteiger charge is 2.36. The second-order valence-corrected chi connectivity index (χ2v) is 12.1. The predicted octanol–water partition coefficient (Wildman–Crippen LogP) is 6.52. The normalized spacial score (nSPS) is 14.3. The number of carboxylic acid groups (broad SMARTS) is 1. The number of hydrogen-bond donors (Lipinski definition) is 1. The van der Waals surface area contributed by atoms with Gasteiger partial charge in [-0.1, -0.05) is 23.7 Å². The summed E-state index contributed by atoms with van der Waals surface area (Å²) in [5.74, 6) is -0.451. The fourth-order valence-electron chi connectivity index (χ4n) is 5.67. The molecule has 5 rings (SSSR count). The van der Waals surface area contributed by atoms with Crippen molar-refractivity contribution in [2.24, 2.45) is 0 Å². The average Bonchev–Trinajstić information content (AvgIpc) is 3.21. The van der Waals surface area contributed by atoms with Crippen LogP contribution in [0.25, 0.3) is 22.0 Å². The predicted molar refractivity (Wildman–Crippen MR) is 160 cm³/mol. The van der Waals surface area contributed by atoms with E-state index in [4.69, 9.17) is 26.3 Å². The molecule has 0 spiro atoms. The third-order valence-electron chi connectivity index (χ3n) is 7.17. The van der Waals surface area contributed by atoms with Crippen LogP contribution in [0.5, 0.6) is 0 Å². The Morgan fingerprint density at radius 3 is 2.35 bits per heavy atom. The molecule has 2 aromatic carbocycles. The zero-order chi connectivity index (χ0) is 28.9. The molecule has 3 heterocycles. The number of rotatable bonds is 7. The summed E-state index contributed by atoms with van der Waals surface area (Å²) < 4.78 is 8.57. The van der Waals surface area contributed by atoms with Crippen LogP contribution in [0.3, 0.4) is 0 Å². The number of carbonyl (C=O) groups is 1. The highest BCUT2D eigenvalue weighted by atomic mass is 35.5. The fourth-order valence-corrected chi connectivity index (χ4v) is 5.79. The number of aromatic nitrogens is 3. The first kappa shape index (κ1) is 28.1. The van der Waals surface area contributed by atoms with E-state index < -0.39 is 17.7 Å². The minimum absolute atomic E-state index is 0.589. The first-order valence-corrected chi connectivity index (χ1v) is 13.8. The van der Waals surface area contributed by atoms with Crippen molar-refractivity contribution >= 4 is 40.1 Å². The van der Waals surface area contributed by atoms with Crippen LogP contribution in [0.4, 0.5) is 11.6 Å². The van der Waals surface area contributed by atoms with E-state index in [1.807, 2.05) is 78.4 Å². The van der Waals surface area contributed by atoms with Gasteiger partial charge in [0.25, 0.3) is 0 Å². The van der Waals surface area contributed by atoms with Gasteiger partial charge in [0.15, 0.2) is 6.10 Å². The summed E-state index contributed by atoms with van der Waals surface area (Å²) in [6.45, 7) is 11.9. The van der Waals surface area contributed by atoms with Gasteiger partial charge in [-0.25, -0.2) is 14.8 Å². The molecule has 0 saturated carbocycles. The first-order chi connectivity index (χ1) is 18.9. The van der Waals surface area contributed by atoms with Gasteiger partial charge in [0, 0.05) is 59.3 Å². The largest absolute Gasteiger partial charge is 0.479 e. The van der Waals surface area contributed by atoms with E-state index in [0.717, 1.165) is 57.6 Å². The molecule has 210 valence electrons. The molecule has 0 unspecified atom stereocenters. The first-order valence-electron chi connectivity index (χ1n) is 13.4. The zero-order valence-electron chi connectivity index (χ0n) is 24.1. The van der Waals surface area contributed by atoms with Crippen LogP contribution >= 0.6 is 11.6 Å². The quantitative estimate of drug-likeness (QED) is 0.275. The maximum Gasteiger partial charge on any atom is 0.337 e. The van der Waals surface area contributed by atoms with E-state index in [-0.39, 0.29) is 0 Å². The minimum atomic E-state index is -1.19. The molecule has 0 aliphatic carbocycles. The maximum absolute atomic E-state index is 12.9. The van der Waals surface area contributed by atoms with Crippen molar-refractivity contribution in [2.45, 2.75) is 59.4 Å². The van der Waals surface area contributed by atoms with Crippen molar-refractivity contribution in [3.8, 4) is 11.1 Å². The van der Waals surface area contributed by atoms with Crippen LogP contribution in [0.1, 0.15) is 49.3 Å². The molecule has 0 bridgehead atoms. The molecule has 1 aliphatic rings. The number of hydrogen-bond acceptors (Lipinski definition) is 6. The Labute approximate surface area is 240 Å². The summed E-state index contributed by atoms with van der Waals surface area (Å²) in [7, 11) is 4.02. The van der Waals surface area contributed by atoms with Crippen LogP contribution in [-0.2, 0) is 22.6 Å².